The number of halogens is 2. The number of benzene rings is 1. The van der Waals surface area contributed by atoms with Gasteiger partial charge in [-0.1, -0.05) is 23.7 Å². The number of rotatable bonds is 1. The first-order valence-electron chi connectivity index (χ1n) is 6.46. The molecule has 0 saturated carbocycles. The van der Waals surface area contributed by atoms with E-state index in [0.29, 0.717) is 16.5 Å². The topological polar surface area (TPSA) is 25.8 Å². The Morgan fingerprint density at radius 1 is 1.20 bits per heavy atom. The third-order valence-electron chi connectivity index (χ3n) is 3.60. The van der Waals surface area contributed by atoms with Gasteiger partial charge in [0.2, 0.25) is 0 Å². The molecule has 0 aliphatic heterocycles. The molecular formula is C15H10ClFN2S. The number of fused-ring (bicyclic) bond motifs is 3. The second-order valence-electron chi connectivity index (χ2n) is 4.89. The summed E-state index contributed by atoms with van der Waals surface area (Å²) in [5.41, 5.74) is 1.96. The van der Waals surface area contributed by atoms with Crippen LogP contribution < -0.4 is 0 Å². The summed E-state index contributed by atoms with van der Waals surface area (Å²) in [4.78, 5) is 11.2. The highest BCUT2D eigenvalue weighted by Gasteiger charge is 2.21. The zero-order valence-corrected chi connectivity index (χ0v) is 12.1. The van der Waals surface area contributed by atoms with Gasteiger partial charge in [-0.05, 0) is 37.0 Å². The number of hydrogen-bond donors (Lipinski definition) is 0. The van der Waals surface area contributed by atoms with Crippen LogP contribution in [0, 0.1) is 5.82 Å². The van der Waals surface area contributed by atoms with Crippen molar-refractivity contribution in [1.82, 2.24) is 9.97 Å². The maximum atomic E-state index is 13.3. The Balaban J connectivity index is 1.95. The van der Waals surface area contributed by atoms with Gasteiger partial charge in [0.1, 0.15) is 15.8 Å². The minimum atomic E-state index is -0.295. The lowest BCUT2D eigenvalue weighted by Crippen LogP contribution is -1.91. The van der Waals surface area contributed by atoms with E-state index in [1.165, 1.54) is 29.0 Å². The molecule has 2 nitrogen and oxygen atoms in total. The molecule has 0 unspecified atom stereocenters. The Morgan fingerprint density at radius 3 is 2.95 bits per heavy atom. The van der Waals surface area contributed by atoms with Gasteiger partial charge < -0.3 is 0 Å². The Labute approximate surface area is 124 Å². The zero-order valence-electron chi connectivity index (χ0n) is 10.5. The van der Waals surface area contributed by atoms with Crippen LogP contribution in [0.1, 0.15) is 16.9 Å². The van der Waals surface area contributed by atoms with Crippen LogP contribution in [0.5, 0.6) is 0 Å². The molecule has 1 aliphatic rings. The monoisotopic (exact) mass is 304 g/mol. The third-order valence-corrected chi connectivity index (χ3v) is 5.06. The van der Waals surface area contributed by atoms with E-state index in [0.717, 1.165) is 23.1 Å². The first kappa shape index (κ1) is 12.2. The highest BCUT2D eigenvalue weighted by Crippen LogP contribution is 2.40. The van der Waals surface area contributed by atoms with Gasteiger partial charge in [-0.25, -0.2) is 14.4 Å². The minimum Gasteiger partial charge on any atom is -0.217 e. The number of thiophene rings is 1. The first-order chi connectivity index (χ1) is 9.72. The van der Waals surface area contributed by atoms with Crippen LogP contribution in [0.4, 0.5) is 4.39 Å². The summed E-state index contributed by atoms with van der Waals surface area (Å²) in [7, 11) is 0. The summed E-state index contributed by atoms with van der Waals surface area (Å²) in [6.45, 7) is 0. The summed E-state index contributed by atoms with van der Waals surface area (Å²) >= 11 is 8.02. The molecule has 100 valence electrons. The Morgan fingerprint density at radius 2 is 2.10 bits per heavy atom. The lowest BCUT2D eigenvalue weighted by molar-refractivity contribution is 0.628. The molecule has 0 amide bonds. The molecule has 20 heavy (non-hydrogen) atoms. The largest absolute Gasteiger partial charge is 0.217 e. The fourth-order valence-corrected chi connectivity index (χ4v) is 4.31. The predicted molar refractivity (Wildman–Crippen MR) is 79.8 cm³/mol. The summed E-state index contributed by atoms with van der Waals surface area (Å²) < 4.78 is 13.3. The van der Waals surface area contributed by atoms with Crippen LogP contribution in [0.15, 0.2) is 24.3 Å². The molecule has 0 fully saturated rings. The van der Waals surface area contributed by atoms with E-state index < -0.39 is 0 Å². The molecule has 3 aromatic rings. The van der Waals surface area contributed by atoms with Crippen molar-refractivity contribution in [1.29, 1.82) is 0 Å². The summed E-state index contributed by atoms with van der Waals surface area (Å²) in [5.74, 6) is 0.193. The zero-order chi connectivity index (χ0) is 13.7. The van der Waals surface area contributed by atoms with Gasteiger partial charge in [0.05, 0.1) is 5.39 Å². The van der Waals surface area contributed by atoms with E-state index >= 15 is 0 Å². The van der Waals surface area contributed by atoms with E-state index in [1.54, 1.807) is 23.5 Å². The Kier molecular flexibility index (Phi) is 2.75. The van der Waals surface area contributed by atoms with E-state index in [4.69, 9.17) is 11.6 Å². The van der Waals surface area contributed by atoms with Crippen molar-refractivity contribution in [3.63, 3.8) is 0 Å². The Bertz CT molecular complexity index is 828. The SMILES string of the molecule is Fc1cccc(-c2nc(Cl)c3c4c(sc3n2)CCC4)c1. The summed E-state index contributed by atoms with van der Waals surface area (Å²) in [5, 5.41) is 1.47. The van der Waals surface area contributed by atoms with Crippen LogP contribution >= 0.6 is 22.9 Å². The van der Waals surface area contributed by atoms with Crippen LogP contribution in [0.3, 0.4) is 0 Å². The van der Waals surface area contributed by atoms with Crippen molar-refractivity contribution < 1.29 is 4.39 Å². The molecule has 1 aliphatic carbocycles. The second kappa shape index (κ2) is 4.50. The predicted octanol–water partition coefficient (Wildman–Crippen LogP) is 4.64. The van der Waals surface area contributed by atoms with Crippen LogP contribution in [-0.2, 0) is 12.8 Å². The third kappa shape index (κ3) is 1.83. The highest BCUT2D eigenvalue weighted by atomic mass is 35.5. The standard InChI is InChI=1S/C15H10ClFN2S/c16-13-12-10-5-2-6-11(10)20-15(12)19-14(18-13)8-3-1-4-9(17)7-8/h1,3-4,7H,2,5-6H2. The molecule has 0 atom stereocenters. The normalized spacial score (nSPS) is 13.9. The minimum absolute atomic E-state index is 0.295. The molecule has 0 saturated heterocycles. The average Bonchev–Trinajstić information content (AvgIpc) is 2.98. The van der Waals surface area contributed by atoms with E-state index in [2.05, 4.69) is 9.97 Å². The van der Waals surface area contributed by atoms with Gasteiger partial charge in [-0.3, -0.25) is 0 Å². The van der Waals surface area contributed by atoms with Crippen molar-refractivity contribution in [3.8, 4) is 11.4 Å². The van der Waals surface area contributed by atoms with Crippen molar-refractivity contribution in [2.24, 2.45) is 0 Å². The number of nitrogens with zero attached hydrogens (tertiary/aromatic N) is 2. The van der Waals surface area contributed by atoms with Crippen molar-refractivity contribution in [2.75, 3.05) is 0 Å². The molecule has 5 heteroatoms. The van der Waals surface area contributed by atoms with Gasteiger partial charge in [-0.2, -0.15) is 0 Å². The molecule has 0 radical (unpaired) electrons. The number of aryl methyl sites for hydroxylation is 2. The van der Waals surface area contributed by atoms with Crippen molar-refractivity contribution in [3.05, 3.63) is 45.7 Å². The molecule has 0 N–H and O–H groups in total. The quantitative estimate of drug-likeness (QED) is 0.612. The molecule has 2 aromatic heterocycles. The average molecular weight is 305 g/mol. The van der Waals surface area contributed by atoms with Crippen LogP contribution in [-0.4, -0.2) is 9.97 Å². The van der Waals surface area contributed by atoms with Gasteiger partial charge in [0, 0.05) is 10.4 Å². The first-order valence-corrected chi connectivity index (χ1v) is 7.65. The number of hydrogen-bond acceptors (Lipinski definition) is 3. The number of aromatic nitrogens is 2. The van der Waals surface area contributed by atoms with Gasteiger partial charge >= 0.3 is 0 Å². The smallest absolute Gasteiger partial charge is 0.162 e. The maximum absolute atomic E-state index is 13.3. The molecule has 1 aromatic carbocycles. The second-order valence-corrected chi connectivity index (χ2v) is 6.33. The Hall–Kier alpha value is -1.52. The van der Waals surface area contributed by atoms with Crippen molar-refractivity contribution >= 4 is 33.2 Å². The van der Waals surface area contributed by atoms with E-state index in [9.17, 15) is 4.39 Å². The maximum Gasteiger partial charge on any atom is 0.162 e. The lowest BCUT2D eigenvalue weighted by Gasteiger charge is -2.03. The molecule has 2 heterocycles. The fraction of sp³-hybridized carbons (Fsp3) is 0.200. The van der Waals surface area contributed by atoms with Crippen molar-refractivity contribution in [2.45, 2.75) is 19.3 Å². The summed E-state index contributed by atoms with van der Waals surface area (Å²) in [6.07, 6.45) is 3.33. The van der Waals surface area contributed by atoms with Crippen LogP contribution in [0.2, 0.25) is 5.15 Å². The molecule has 0 spiro atoms. The lowest BCUT2D eigenvalue weighted by atomic mass is 10.2. The highest BCUT2D eigenvalue weighted by molar-refractivity contribution is 7.19. The molecule has 4 rings (SSSR count). The van der Waals surface area contributed by atoms with E-state index in [-0.39, 0.29) is 5.82 Å². The van der Waals surface area contributed by atoms with Crippen LogP contribution in [0.25, 0.3) is 21.6 Å². The van der Waals surface area contributed by atoms with Gasteiger partial charge in [0.15, 0.2) is 5.82 Å². The molecule has 0 bridgehead atoms. The molecular weight excluding hydrogens is 295 g/mol. The van der Waals surface area contributed by atoms with E-state index in [1.807, 2.05) is 0 Å². The van der Waals surface area contributed by atoms with Gasteiger partial charge in [-0.15, -0.1) is 11.3 Å². The summed E-state index contributed by atoms with van der Waals surface area (Å²) in [6, 6.07) is 6.28. The van der Waals surface area contributed by atoms with Gasteiger partial charge in [0.25, 0.3) is 0 Å². The fourth-order valence-electron chi connectivity index (χ4n) is 2.71.